The quantitative estimate of drug-likeness (QED) is 0.117. The first-order valence-corrected chi connectivity index (χ1v) is 13.9. The number of hydrogen-bond donors (Lipinski definition) is 3. The van der Waals surface area contributed by atoms with E-state index in [1.54, 1.807) is 48.5 Å². The van der Waals surface area contributed by atoms with Gasteiger partial charge in [-0.15, -0.1) is 11.3 Å². The van der Waals surface area contributed by atoms with Crippen molar-refractivity contribution in [1.29, 1.82) is 0 Å². The van der Waals surface area contributed by atoms with Crippen LogP contribution in [0.4, 0.5) is 20.9 Å². The Hall–Kier alpha value is -5.06. The fourth-order valence-corrected chi connectivity index (χ4v) is 4.60. The molecular formula is C31H23ClFN5O3S. The normalized spacial score (nSPS) is 10.8. The number of para-hydroxylation sites is 1. The molecule has 1 aromatic heterocycles. The van der Waals surface area contributed by atoms with Crippen molar-refractivity contribution >= 4 is 57.5 Å². The lowest BCUT2D eigenvalue weighted by molar-refractivity contribution is -0.118. The Morgan fingerprint density at radius 3 is 2.40 bits per heavy atom. The van der Waals surface area contributed by atoms with Crippen molar-refractivity contribution in [2.24, 2.45) is 5.10 Å². The Morgan fingerprint density at radius 1 is 0.929 bits per heavy atom. The molecule has 0 aliphatic carbocycles. The minimum Gasteiger partial charge on any atom is -0.483 e. The predicted octanol–water partition coefficient (Wildman–Crippen LogP) is 7.13. The van der Waals surface area contributed by atoms with Gasteiger partial charge in [0.25, 0.3) is 11.8 Å². The van der Waals surface area contributed by atoms with Gasteiger partial charge in [0.05, 0.1) is 11.9 Å². The zero-order valence-electron chi connectivity index (χ0n) is 21.9. The molecule has 2 amide bonds. The molecule has 42 heavy (non-hydrogen) atoms. The lowest BCUT2D eigenvalue weighted by atomic mass is 10.1. The Labute approximate surface area is 249 Å². The SMILES string of the molecule is O=C(COc1ccccc1/C=N\NC(=O)c1ccc(-c2csc(Nc3ccc(Cl)cc3)n2)cc1)Nc1ccc(F)cc1. The van der Waals surface area contributed by atoms with Crippen LogP contribution < -0.4 is 20.8 Å². The highest BCUT2D eigenvalue weighted by atomic mass is 35.5. The number of ether oxygens (including phenoxy) is 1. The monoisotopic (exact) mass is 599 g/mol. The van der Waals surface area contributed by atoms with Crippen LogP contribution in [-0.2, 0) is 4.79 Å². The number of aromatic nitrogens is 1. The smallest absolute Gasteiger partial charge is 0.271 e. The van der Waals surface area contributed by atoms with Gasteiger partial charge in [-0.1, -0.05) is 35.9 Å². The highest BCUT2D eigenvalue weighted by Gasteiger charge is 2.10. The van der Waals surface area contributed by atoms with Crippen LogP contribution in [0.25, 0.3) is 11.3 Å². The third kappa shape index (κ3) is 7.78. The van der Waals surface area contributed by atoms with Crippen LogP contribution in [-0.4, -0.2) is 29.6 Å². The van der Waals surface area contributed by atoms with Crippen LogP contribution in [0.3, 0.4) is 0 Å². The maximum Gasteiger partial charge on any atom is 0.271 e. The molecule has 3 N–H and O–H groups in total. The summed E-state index contributed by atoms with van der Waals surface area (Å²) < 4.78 is 18.7. The Balaban J connectivity index is 1.14. The van der Waals surface area contributed by atoms with Gasteiger partial charge < -0.3 is 15.4 Å². The lowest BCUT2D eigenvalue weighted by Gasteiger charge is -2.09. The molecule has 0 aliphatic rings. The Bertz CT molecular complexity index is 1710. The molecule has 0 spiro atoms. The molecule has 0 radical (unpaired) electrons. The molecule has 210 valence electrons. The highest BCUT2D eigenvalue weighted by molar-refractivity contribution is 7.14. The van der Waals surface area contributed by atoms with Gasteiger partial charge in [-0.25, -0.2) is 14.8 Å². The van der Waals surface area contributed by atoms with Crippen LogP contribution in [0.15, 0.2) is 108 Å². The molecule has 0 saturated carbocycles. The Kier molecular flexibility index (Phi) is 9.17. The number of rotatable bonds is 10. The number of hydrazone groups is 1. The predicted molar refractivity (Wildman–Crippen MR) is 164 cm³/mol. The van der Waals surface area contributed by atoms with Gasteiger partial charge in [-0.05, 0) is 72.8 Å². The number of anilines is 3. The third-order valence-electron chi connectivity index (χ3n) is 5.82. The summed E-state index contributed by atoms with van der Waals surface area (Å²) in [7, 11) is 0. The zero-order chi connectivity index (χ0) is 29.3. The molecule has 5 aromatic rings. The largest absolute Gasteiger partial charge is 0.483 e. The molecule has 1 heterocycles. The van der Waals surface area contributed by atoms with Crippen molar-refractivity contribution in [3.05, 3.63) is 124 Å². The molecule has 11 heteroatoms. The summed E-state index contributed by atoms with van der Waals surface area (Å²) in [4.78, 5) is 29.5. The first-order valence-electron chi connectivity index (χ1n) is 12.6. The van der Waals surface area contributed by atoms with Gasteiger partial charge in [0.2, 0.25) is 0 Å². The minimum absolute atomic E-state index is 0.265. The van der Waals surface area contributed by atoms with E-state index in [1.165, 1.54) is 41.8 Å². The molecule has 4 aromatic carbocycles. The van der Waals surface area contributed by atoms with Crippen molar-refractivity contribution in [2.75, 3.05) is 17.2 Å². The second-order valence-corrected chi connectivity index (χ2v) is 10.1. The fourth-order valence-electron chi connectivity index (χ4n) is 3.73. The molecule has 0 aliphatic heterocycles. The van der Waals surface area contributed by atoms with E-state index in [4.69, 9.17) is 16.3 Å². The van der Waals surface area contributed by atoms with Crippen molar-refractivity contribution < 1.29 is 18.7 Å². The summed E-state index contributed by atoms with van der Waals surface area (Å²) in [6.45, 7) is -0.265. The number of amides is 2. The van der Waals surface area contributed by atoms with Gasteiger partial charge in [-0.2, -0.15) is 5.10 Å². The zero-order valence-corrected chi connectivity index (χ0v) is 23.5. The number of nitrogens with zero attached hydrogens (tertiary/aromatic N) is 2. The van der Waals surface area contributed by atoms with E-state index in [0.29, 0.717) is 27.6 Å². The molecule has 5 rings (SSSR count). The summed E-state index contributed by atoms with van der Waals surface area (Å²) >= 11 is 7.41. The van der Waals surface area contributed by atoms with Gasteiger partial charge in [-0.3, -0.25) is 9.59 Å². The molecule has 0 bridgehead atoms. The summed E-state index contributed by atoms with van der Waals surface area (Å²) in [5.41, 5.74) is 6.48. The van der Waals surface area contributed by atoms with Crippen molar-refractivity contribution in [1.82, 2.24) is 10.4 Å². The first-order chi connectivity index (χ1) is 20.4. The van der Waals surface area contributed by atoms with Crippen LogP contribution >= 0.6 is 22.9 Å². The molecule has 0 fully saturated rings. The maximum absolute atomic E-state index is 13.0. The summed E-state index contributed by atoms with van der Waals surface area (Å²) in [6.07, 6.45) is 1.43. The molecule has 0 unspecified atom stereocenters. The molecular weight excluding hydrogens is 577 g/mol. The van der Waals surface area contributed by atoms with Gasteiger partial charge in [0, 0.05) is 38.5 Å². The van der Waals surface area contributed by atoms with Gasteiger partial charge in [0.15, 0.2) is 11.7 Å². The van der Waals surface area contributed by atoms with Crippen molar-refractivity contribution in [3.8, 4) is 17.0 Å². The summed E-state index contributed by atoms with van der Waals surface area (Å²) in [5, 5.41) is 13.3. The second kappa shape index (κ2) is 13.5. The maximum atomic E-state index is 13.0. The van der Waals surface area contributed by atoms with E-state index < -0.39 is 17.6 Å². The lowest BCUT2D eigenvalue weighted by Crippen LogP contribution is -2.20. The summed E-state index contributed by atoms with van der Waals surface area (Å²) in [6, 6.07) is 26.8. The van der Waals surface area contributed by atoms with Crippen LogP contribution in [0.5, 0.6) is 5.75 Å². The molecule has 0 atom stereocenters. The second-order valence-electron chi connectivity index (χ2n) is 8.83. The number of carbonyl (C=O) groups is 2. The van der Waals surface area contributed by atoms with E-state index in [2.05, 4.69) is 26.1 Å². The number of thiazole rings is 1. The van der Waals surface area contributed by atoms with Crippen LogP contribution in [0, 0.1) is 5.82 Å². The number of hydrogen-bond acceptors (Lipinski definition) is 7. The van der Waals surface area contributed by atoms with E-state index in [-0.39, 0.29) is 6.61 Å². The minimum atomic E-state index is -0.406. The average molecular weight is 600 g/mol. The van der Waals surface area contributed by atoms with E-state index in [0.717, 1.165) is 22.1 Å². The summed E-state index contributed by atoms with van der Waals surface area (Å²) in [5.74, 6) is -0.785. The van der Waals surface area contributed by atoms with Crippen molar-refractivity contribution in [2.45, 2.75) is 0 Å². The van der Waals surface area contributed by atoms with Crippen molar-refractivity contribution in [3.63, 3.8) is 0 Å². The van der Waals surface area contributed by atoms with E-state index >= 15 is 0 Å². The molecule has 0 saturated heterocycles. The first kappa shape index (κ1) is 28.5. The Morgan fingerprint density at radius 2 is 1.64 bits per heavy atom. The number of carbonyl (C=O) groups excluding carboxylic acids is 2. The molecule has 8 nitrogen and oxygen atoms in total. The van der Waals surface area contributed by atoms with Gasteiger partial charge >= 0.3 is 0 Å². The van der Waals surface area contributed by atoms with E-state index in [9.17, 15) is 14.0 Å². The number of benzene rings is 4. The third-order valence-corrected chi connectivity index (χ3v) is 6.83. The van der Waals surface area contributed by atoms with Crippen LogP contribution in [0.1, 0.15) is 15.9 Å². The standard InChI is InChI=1S/C31H23ClFN5O3S/c32-23-9-13-26(14-10-23)36-31-37-27(19-42-31)20-5-7-21(8-6-20)30(40)38-34-17-22-3-1-2-4-28(22)41-18-29(39)35-25-15-11-24(33)12-16-25/h1-17,19H,18H2,(H,35,39)(H,36,37)(H,38,40)/b34-17-. The van der Waals surface area contributed by atoms with Gasteiger partial charge in [0.1, 0.15) is 11.6 Å². The fraction of sp³-hybridized carbons (Fsp3) is 0.0323. The van der Waals surface area contributed by atoms with E-state index in [1.807, 2.05) is 29.6 Å². The van der Waals surface area contributed by atoms with Crippen LogP contribution in [0.2, 0.25) is 5.02 Å². The average Bonchev–Trinajstić information content (AvgIpc) is 3.47. The number of nitrogens with one attached hydrogen (secondary N) is 3. The topological polar surface area (TPSA) is 105 Å². The number of halogens is 2. The highest BCUT2D eigenvalue weighted by Crippen LogP contribution is 2.28.